The van der Waals surface area contributed by atoms with E-state index in [-0.39, 0.29) is 0 Å². The van der Waals surface area contributed by atoms with E-state index in [1.165, 1.54) is 0 Å². The molecule has 2 heterocycles. The van der Waals surface area contributed by atoms with Crippen LogP contribution in [0, 0.1) is 5.92 Å². The average molecular weight is 249 g/mol. The molecule has 0 bridgehead atoms. The average Bonchev–Trinajstić information content (AvgIpc) is 2.83. The van der Waals surface area contributed by atoms with Crippen LogP contribution in [-0.2, 0) is 6.54 Å². The lowest BCUT2D eigenvalue weighted by atomic mass is 10.2. The third-order valence-electron chi connectivity index (χ3n) is 2.52. The Balaban J connectivity index is 2.49. The van der Waals surface area contributed by atoms with E-state index in [2.05, 4.69) is 13.8 Å². The zero-order chi connectivity index (χ0) is 12.4. The second kappa shape index (κ2) is 4.75. The van der Waals surface area contributed by atoms with Gasteiger partial charge in [0.25, 0.3) is 0 Å². The predicted molar refractivity (Wildman–Crippen MR) is 69.5 cm³/mol. The van der Waals surface area contributed by atoms with Gasteiger partial charge in [-0.3, -0.25) is 0 Å². The van der Waals surface area contributed by atoms with E-state index in [0.29, 0.717) is 11.6 Å². The van der Waals surface area contributed by atoms with Gasteiger partial charge >= 0.3 is 5.97 Å². The van der Waals surface area contributed by atoms with Crippen molar-refractivity contribution in [2.24, 2.45) is 5.92 Å². The van der Waals surface area contributed by atoms with Gasteiger partial charge in [0.2, 0.25) is 0 Å². The molecular weight excluding hydrogens is 234 g/mol. The number of nitrogens with zero attached hydrogens (tertiary/aromatic N) is 1. The second-order valence-corrected chi connectivity index (χ2v) is 5.34. The molecule has 0 aliphatic rings. The zero-order valence-corrected chi connectivity index (χ0v) is 10.7. The fourth-order valence-corrected chi connectivity index (χ4v) is 2.62. The summed E-state index contributed by atoms with van der Waals surface area (Å²) in [6.07, 6.45) is 0. The highest BCUT2D eigenvalue weighted by Crippen LogP contribution is 2.27. The van der Waals surface area contributed by atoms with E-state index in [4.69, 9.17) is 0 Å². The van der Waals surface area contributed by atoms with Crippen LogP contribution in [0.3, 0.4) is 0 Å². The second-order valence-electron chi connectivity index (χ2n) is 4.39. The van der Waals surface area contributed by atoms with Gasteiger partial charge in [0.05, 0.1) is 10.6 Å². The number of hydrogen-bond acceptors (Lipinski definition) is 2. The molecule has 0 aliphatic heterocycles. The Labute approximate surface area is 104 Å². The van der Waals surface area contributed by atoms with E-state index in [1.807, 2.05) is 28.1 Å². The van der Waals surface area contributed by atoms with Crippen molar-refractivity contribution in [3.8, 4) is 10.6 Å². The van der Waals surface area contributed by atoms with Crippen molar-refractivity contribution in [2.75, 3.05) is 0 Å². The Hall–Kier alpha value is -1.55. The first kappa shape index (κ1) is 11.9. The topological polar surface area (TPSA) is 42.2 Å². The zero-order valence-electron chi connectivity index (χ0n) is 9.88. The summed E-state index contributed by atoms with van der Waals surface area (Å²) in [4.78, 5) is 12.3. The number of aromatic carboxylic acids is 1. The monoisotopic (exact) mass is 249 g/mol. The number of hydrogen-bond donors (Lipinski definition) is 1. The molecule has 0 amide bonds. The summed E-state index contributed by atoms with van der Waals surface area (Å²) < 4.78 is 1.89. The highest BCUT2D eigenvalue weighted by molar-refractivity contribution is 7.13. The number of carbonyl (C=O) groups is 1. The molecule has 2 rings (SSSR count). The van der Waals surface area contributed by atoms with Crippen molar-refractivity contribution < 1.29 is 9.90 Å². The molecular formula is C13H15NO2S. The minimum absolute atomic E-state index is 0.363. The minimum atomic E-state index is -0.867. The van der Waals surface area contributed by atoms with Gasteiger partial charge in [-0.1, -0.05) is 19.9 Å². The van der Waals surface area contributed by atoms with Crippen molar-refractivity contribution in [3.63, 3.8) is 0 Å². The van der Waals surface area contributed by atoms with Gasteiger partial charge in [-0.2, -0.15) is 0 Å². The van der Waals surface area contributed by atoms with E-state index in [9.17, 15) is 9.90 Å². The quantitative estimate of drug-likeness (QED) is 0.900. The van der Waals surface area contributed by atoms with Crippen molar-refractivity contribution in [2.45, 2.75) is 20.4 Å². The first-order chi connectivity index (χ1) is 8.09. The molecule has 17 heavy (non-hydrogen) atoms. The number of carboxylic acid groups (broad SMARTS) is 1. The summed E-state index contributed by atoms with van der Waals surface area (Å²) in [5, 5.41) is 11.2. The molecule has 0 unspecified atom stereocenters. The molecule has 0 aromatic carbocycles. The van der Waals surface area contributed by atoms with Crippen molar-refractivity contribution in [1.29, 1.82) is 0 Å². The molecule has 90 valence electrons. The van der Waals surface area contributed by atoms with Crippen LogP contribution in [0.4, 0.5) is 0 Å². The van der Waals surface area contributed by atoms with Crippen LogP contribution >= 0.6 is 11.3 Å². The van der Waals surface area contributed by atoms with Crippen LogP contribution in [0.2, 0.25) is 0 Å². The molecule has 2 aromatic heterocycles. The largest absolute Gasteiger partial charge is 0.477 e. The summed E-state index contributed by atoms with van der Waals surface area (Å²) in [5.74, 6) is -0.451. The fourth-order valence-electron chi connectivity index (χ4n) is 1.86. The van der Waals surface area contributed by atoms with E-state index >= 15 is 0 Å². The summed E-state index contributed by atoms with van der Waals surface area (Å²) in [7, 11) is 0. The third-order valence-corrected chi connectivity index (χ3v) is 3.41. The summed E-state index contributed by atoms with van der Waals surface area (Å²) in [6.45, 7) is 4.90. The van der Waals surface area contributed by atoms with Crippen LogP contribution < -0.4 is 0 Å². The first-order valence-corrected chi connectivity index (χ1v) is 6.44. The van der Waals surface area contributed by atoms with Crippen LogP contribution in [0.15, 0.2) is 29.6 Å². The van der Waals surface area contributed by atoms with Crippen LogP contribution in [0.1, 0.15) is 24.3 Å². The molecule has 0 fully saturated rings. The lowest BCUT2D eigenvalue weighted by Gasteiger charge is -2.13. The standard InChI is InChI=1S/C13H15NO2S/c1-9(2)8-14-10(12-4-3-7-17-12)5-6-11(14)13(15)16/h3-7,9H,8H2,1-2H3,(H,15,16). The van der Waals surface area contributed by atoms with Gasteiger partial charge in [-0.15, -0.1) is 11.3 Å². The van der Waals surface area contributed by atoms with E-state index in [0.717, 1.165) is 17.1 Å². The van der Waals surface area contributed by atoms with Crippen molar-refractivity contribution >= 4 is 17.3 Å². The SMILES string of the molecule is CC(C)Cn1c(C(=O)O)ccc1-c1cccs1. The van der Waals surface area contributed by atoms with Gasteiger partial charge in [-0.25, -0.2) is 4.79 Å². The Morgan fingerprint density at radius 1 is 1.41 bits per heavy atom. The maximum atomic E-state index is 11.2. The molecule has 1 N–H and O–H groups in total. The Morgan fingerprint density at radius 2 is 2.18 bits per heavy atom. The van der Waals surface area contributed by atoms with E-state index < -0.39 is 5.97 Å². The van der Waals surface area contributed by atoms with Crippen molar-refractivity contribution in [3.05, 3.63) is 35.3 Å². The maximum Gasteiger partial charge on any atom is 0.352 e. The molecule has 0 saturated heterocycles. The van der Waals surface area contributed by atoms with Crippen LogP contribution in [0.25, 0.3) is 10.6 Å². The molecule has 0 atom stereocenters. The number of carboxylic acids is 1. The highest BCUT2D eigenvalue weighted by Gasteiger charge is 2.16. The molecule has 0 spiro atoms. The van der Waals surface area contributed by atoms with Crippen LogP contribution in [-0.4, -0.2) is 15.6 Å². The van der Waals surface area contributed by atoms with Gasteiger partial charge in [0.1, 0.15) is 5.69 Å². The minimum Gasteiger partial charge on any atom is -0.477 e. The Kier molecular flexibility index (Phi) is 3.33. The fraction of sp³-hybridized carbons (Fsp3) is 0.308. The Morgan fingerprint density at radius 3 is 2.71 bits per heavy atom. The molecule has 0 saturated carbocycles. The van der Waals surface area contributed by atoms with E-state index in [1.54, 1.807) is 17.4 Å². The molecule has 0 radical (unpaired) electrons. The van der Waals surface area contributed by atoms with Gasteiger partial charge in [0.15, 0.2) is 0 Å². The normalized spacial score (nSPS) is 11.0. The molecule has 2 aromatic rings. The molecule has 0 aliphatic carbocycles. The third kappa shape index (κ3) is 2.42. The highest BCUT2D eigenvalue weighted by atomic mass is 32.1. The summed E-state index contributed by atoms with van der Waals surface area (Å²) >= 11 is 1.63. The van der Waals surface area contributed by atoms with Gasteiger partial charge in [-0.05, 0) is 29.5 Å². The van der Waals surface area contributed by atoms with Crippen LogP contribution in [0.5, 0.6) is 0 Å². The predicted octanol–water partition coefficient (Wildman–Crippen LogP) is 3.57. The number of rotatable bonds is 4. The number of aromatic nitrogens is 1. The summed E-state index contributed by atoms with van der Waals surface area (Å²) in [5.41, 5.74) is 1.35. The lowest BCUT2D eigenvalue weighted by molar-refractivity contribution is 0.0684. The smallest absolute Gasteiger partial charge is 0.352 e. The number of thiophene rings is 1. The van der Waals surface area contributed by atoms with Gasteiger partial charge < -0.3 is 9.67 Å². The maximum absolute atomic E-state index is 11.2. The first-order valence-electron chi connectivity index (χ1n) is 5.56. The Bertz CT molecular complexity index is 512. The van der Waals surface area contributed by atoms with Gasteiger partial charge in [0, 0.05) is 6.54 Å². The summed E-state index contributed by atoms with van der Waals surface area (Å²) in [6, 6.07) is 7.56. The molecule has 3 nitrogen and oxygen atoms in total. The molecule has 4 heteroatoms. The van der Waals surface area contributed by atoms with Crippen molar-refractivity contribution in [1.82, 2.24) is 4.57 Å². The lowest BCUT2D eigenvalue weighted by Crippen LogP contribution is -2.12.